The predicted octanol–water partition coefficient (Wildman–Crippen LogP) is 7.37. The number of nitrogens with one attached hydrogen (secondary N) is 1. The summed E-state index contributed by atoms with van der Waals surface area (Å²) in [5.41, 5.74) is 8.50. The zero-order chi connectivity index (χ0) is 30.3. The molecule has 0 spiro atoms. The minimum Gasteiger partial charge on any atom is -0.493 e. The molecule has 5 rings (SSSR count). The van der Waals surface area contributed by atoms with Crippen molar-refractivity contribution in [2.45, 2.75) is 13.5 Å². The van der Waals surface area contributed by atoms with Gasteiger partial charge in [-0.05, 0) is 84.3 Å². The van der Waals surface area contributed by atoms with Gasteiger partial charge in [0.1, 0.15) is 6.61 Å². The van der Waals surface area contributed by atoms with Gasteiger partial charge in [0.25, 0.3) is 11.6 Å². The summed E-state index contributed by atoms with van der Waals surface area (Å²) in [5, 5.41) is 15.2. The van der Waals surface area contributed by atoms with Crippen LogP contribution in [0.25, 0.3) is 16.9 Å². The monoisotopic (exact) mass is 594 g/mol. The molecule has 4 aromatic carbocycles. The number of aryl methyl sites for hydroxylation is 1. The van der Waals surface area contributed by atoms with Crippen LogP contribution in [-0.2, 0) is 6.61 Å². The highest BCUT2D eigenvalue weighted by Gasteiger charge is 2.14. The topological polar surface area (TPSA) is 108 Å². The van der Waals surface area contributed by atoms with Crippen LogP contribution in [0.5, 0.6) is 11.5 Å². The minimum atomic E-state index is -0.462. The third-order valence-corrected chi connectivity index (χ3v) is 6.98. The number of nitro benzene ring substituents is 1. The fourth-order valence-electron chi connectivity index (χ4n) is 4.53. The van der Waals surface area contributed by atoms with E-state index in [1.54, 1.807) is 36.4 Å². The molecular weight excluding hydrogens is 568 g/mol. The van der Waals surface area contributed by atoms with Crippen LogP contribution >= 0.6 is 11.6 Å². The summed E-state index contributed by atoms with van der Waals surface area (Å²) in [7, 11) is 1.48. The molecule has 0 saturated carbocycles. The summed E-state index contributed by atoms with van der Waals surface area (Å²) in [6, 6.07) is 30.9. The van der Waals surface area contributed by atoms with Crippen molar-refractivity contribution in [3.05, 3.63) is 141 Å². The molecule has 1 heterocycles. The average molecular weight is 595 g/mol. The van der Waals surface area contributed by atoms with Gasteiger partial charge in [-0.25, -0.2) is 5.43 Å². The number of nitro groups is 1. The minimum absolute atomic E-state index is 0.00319. The van der Waals surface area contributed by atoms with E-state index < -0.39 is 4.92 Å². The number of carbonyl (C=O) groups excluding carboxylic acids is 1. The summed E-state index contributed by atoms with van der Waals surface area (Å²) in [5.74, 6) is 0.321. The molecule has 43 heavy (non-hydrogen) atoms. The quantitative estimate of drug-likeness (QED) is 0.103. The van der Waals surface area contributed by atoms with Crippen molar-refractivity contribution in [2.24, 2.45) is 5.10 Å². The van der Waals surface area contributed by atoms with E-state index >= 15 is 0 Å². The van der Waals surface area contributed by atoms with Crippen molar-refractivity contribution < 1.29 is 19.2 Å². The van der Waals surface area contributed by atoms with Gasteiger partial charge in [0.15, 0.2) is 11.5 Å². The number of benzene rings is 4. The van der Waals surface area contributed by atoms with E-state index in [1.807, 2.05) is 37.3 Å². The number of ether oxygens (including phenoxy) is 2. The van der Waals surface area contributed by atoms with E-state index in [1.165, 1.54) is 25.5 Å². The molecule has 0 fully saturated rings. The Labute approximate surface area is 253 Å². The molecule has 0 aliphatic rings. The summed E-state index contributed by atoms with van der Waals surface area (Å²) in [6.45, 7) is 2.18. The first-order chi connectivity index (χ1) is 20.8. The van der Waals surface area contributed by atoms with E-state index in [0.717, 1.165) is 28.2 Å². The number of hydrogen-bond acceptors (Lipinski definition) is 6. The van der Waals surface area contributed by atoms with E-state index in [4.69, 9.17) is 21.1 Å². The molecule has 216 valence electrons. The number of rotatable bonds is 10. The predicted molar refractivity (Wildman–Crippen MR) is 166 cm³/mol. The molecule has 1 aromatic heterocycles. The second-order valence-electron chi connectivity index (χ2n) is 9.55. The van der Waals surface area contributed by atoms with Crippen molar-refractivity contribution in [2.75, 3.05) is 7.11 Å². The Bertz CT molecular complexity index is 1780. The molecule has 0 radical (unpaired) electrons. The van der Waals surface area contributed by atoms with Crippen LogP contribution in [-0.4, -0.2) is 28.7 Å². The second kappa shape index (κ2) is 13.1. The molecule has 0 aliphatic heterocycles. The van der Waals surface area contributed by atoms with Crippen LogP contribution in [0.1, 0.15) is 27.2 Å². The van der Waals surface area contributed by atoms with E-state index in [0.29, 0.717) is 22.6 Å². The van der Waals surface area contributed by atoms with Gasteiger partial charge in [-0.15, -0.1) is 0 Å². The molecule has 0 unspecified atom stereocenters. The lowest BCUT2D eigenvalue weighted by molar-refractivity contribution is -0.384. The fraction of sp³-hybridized carbons (Fsp3) is 0.0909. The van der Waals surface area contributed by atoms with Crippen molar-refractivity contribution >= 4 is 29.4 Å². The first-order valence-electron chi connectivity index (χ1n) is 13.3. The Morgan fingerprint density at radius 2 is 1.72 bits per heavy atom. The SMILES string of the molecule is COc1cc(/C=N/NC(=O)c2ccc(-n3c(C)ccc3-c3ccccc3)cc2)cc(Cl)c1OCc1ccc([N+](=O)[O-])cc1. The lowest BCUT2D eigenvalue weighted by Crippen LogP contribution is -2.17. The van der Waals surface area contributed by atoms with Crippen molar-refractivity contribution in [3.8, 4) is 28.4 Å². The van der Waals surface area contributed by atoms with Crippen LogP contribution in [0.15, 0.2) is 108 Å². The number of methoxy groups -OCH3 is 1. The zero-order valence-corrected chi connectivity index (χ0v) is 24.1. The Kier molecular flexibility index (Phi) is 8.83. The Morgan fingerprint density at radius 1 is 1.00 bits per heavy atom. The highest BCUT2D eigenvalue weighted by atomic mass is 35.5. The van der Waals surface area contributed by atoms with Gasteiger partial charge < -0.3 is 14.0 Å². The van der Waals surface area contributed by atoms with E-state index in [-0.39, 0.29) is 23.2 Å². The van der Waals surface area contributed by atoms with Crippen molar-refractivity contribution in [3.63, 3.8) is 0 Å². The first-order valence-corrected chi connectivity index (χ1v) is 13.6. The number of non-ortho nitro benzene ring substituents is 1. The van der Waals surface area contributed by atoms with Crippen LogP contribution in [0.2, 0.25) is 5.02 Å². The molecule has 1 N–H and O–H groups in total. The third kappa shape index (κ3) is 6.74. The maximum absolute atomic E-state index is 12.8. The standard InChI is InChI=1S/C33H27ClN4O5/c1-22-8-17-30(25-6-4-3-5-7-25)37(22)27-15-11-26(12-16-27)33(39)36-35-20-24-18-29(34)32(31(19-24)42-2)43-21-23-9-13-28(14-10-23)38(40)41/h3-20H,21H2,1-2H3,(H,36,39)/b35-20+. The van der Waals surface area contributed by atoms with E-state index in [9.17, 15) is 14.9 Å². The lowest BCUT2D eigenvalue weighted by atomic mass is 10.1. The van der Waals surface area contributed by atoms with Gasteiger partial charge in [-0.2, -0.15) is 5.10 Å². The summed E-state index contributed by atoms with van der Waals surface area (Å²) >= 11 is 6.46. The van der Waals surface area contributed by atoms with Gasteiger partial charge >= 0.3 is 0 Å². The third-order valence-electron chi connectivity index (χ3n) is 6.70. The van der Waals surface area contributed by atoms with Gasteiger partial charge in [0, 0.05) is 29.1 Å². The summed E-state index contributed by atoms with van der Waals surface area (Å²) < 4.78 is 13.4. The van der Waals surface area contributed by atoms with E-state index in [2.05, 4.69) is 39.4 Å². The number of carbonyl (C=O) groups is 1. The number of halogens is 1. The summed E-state index contributed by atoms with van der Waals surface area (Å²) in [4.78, 5) is 23.2. The Morgan fingerprint density at radius 3 is 2.40 bits per heavy atom. The normalized spacial score (nSPS) is 11.0. The smallest absolute Gasteiger partial charge is 0.271 e. The largest absolute Gasteiger partial charge is 0.493 e. The summed E-state index contributed by atoms with van der Waals surface area (Å²) in [6.07, 6.45) is 1.45. The molecule has 0 atom stereocenters. The molecule has 0 aliphatic carbocycles. The second-order valence-corrected chi connectivity index (χ2v) is 9.96. The average Bonchev–Trinajstić information content (AvgIpc) is 3.42. The van der Waals surface area contributed by atoms with Crippen LogP contribution < -0.4 is 14.9 Å². The van der Waals surface area contributed by atoms with Gasteiger partial charge in [0.2, 0.25) is 0 Å². The fourth-order valence-corrected chi connectivity index (χ4v) is 4.80. The number of amides is 1. The highest BCUT2D eigenvalue weighted by molar-refractivity contribution is 6.32. The van der Waals surface area contributed by atoms with Gasteiger partial charge in [0.05, 0.1) is 29.0 Å². The highest BCUT2D eigenvalue weighted by Crippen LogP contribution is 2.36. The van der Waals surface area contributed by atoms with Crippen LogP contribution in [0, 0.1) is 17.0 Å². The molecule has 1 amide bonds. The maximum Gasteiger partial charge on any atom is 0.271 e. The van der Waals surface area contributed by atoms with Crippen molar-refractivity contribution in [1.82, 2.24) is 9.99 Å². The molecule has 5 aromatic rings. The van der Waals surface area contributed by atoms with Gasteiger partial charge in [-0.3, -0.25) is 14.9 Å². The number of hydrazone groups is 1. The number of hydrogen-bond donors (Lipinski definition) is 1. The van der Waals surface area contributed by atoms with Gasteiger partial charge in [-0.1, -0.05) is 41.9 Å². The van der Waals surface area contributed by atoms with Crippen LogP contribution in [0.3, 0.4) is 0 Å². The number of nitrogens with zero attached hydrogens (tertiary/aromatic N) is 3. The molecular formula is C33H27ClN4O5. The maximum atomic E-state index is 12.8. The first kappa shape index (κ1) is 29.1. The molecule has 0 bridgehead atoms. The Balaban J connectivity index is 1.23. The lowest BCUT2D eigenvalue weighted by Gasteiger charge is -2.13. The Hall–Kier alpha value is -5.41. The molecule has 9 nitrogen and oxygen atoms in total. The molecule has 0 saturated heterocycles. The number of aromatic nitrogens is 1. The molecule has 10 heteroatoms. The van der Waals surface area contributed by atoms with Crippen LogP contribution in [0.4, 0.5) is 5.69 Å². The zero-order valence-electron chi connectivity index (χ0n) is 23.4. The van der Waals surface area contributed by atoms with Crippen molar-refractivity contribution in [1.29, 1.82) is 0 Å².